The molecule has 0 aliphatic heterocycles. The highest BCUT2D eigenvalue weighted by molar-refractivity contribution is 7.77. The summed E-state index contributed by atoms with van der Waals surface area (Å²) in [6.45, 7) is 0.483. The van der Waals surface area contributed by atoms with Crippen LogP contribution in [-0.2, 0) is 0 Å². The van der Waals surface area contributed by atoms with Gasteiger partial charge in [0.05, 0.1) is 29.7 Å². The number of rotatable bonds is 5. The van der Waals surface area contributed by atoms with Gasteiger partial charge in [-0.25, -0.2) is 0 Å². The predicted molar refractivity (Wildman–Crippen MR) is 99.5 cm³/mol. The van der Waals surface area contributed by atoms with Crippen molar-refractivity contribution in [3.05, 3.63) is 0 Å². The van der Waals surface area contributed by atoms with Crippen LogP contribution in [-0.4, -0.2) is 34.9 Å². The van der Waals surface area contributed by atoms with E-state index in [1.807, 2.05) is 0 Å². The van der Waals surface area contributed by atoms with Crippen LogP contribution in [0.25, 0.3) is 0 Å². The van der Waals surface area contributed by atoms with Gasteiger partial charge in [-0.1, -0.05) is 19.3 Å². The molecular formula is C20H38IOP. The standard InChI is InChI=1S/C20H38OP.HI/c21-16-17-22(18-10-4-1-5-11-18,19-12-6-2-7-13-19)20-14-8-3-9-15-20;/h18-21H,1-17H2;1H/q+1;/p-1. The van der Waals surface area contributed by atoms with Gasteiger partial charge in [-0.2, -0.15) is 0 Å². The van der Waals surface area contributed by atoms with Crippen molar-refractivity contribution in [2.24, 2.45) is 0 Å². The molecule has 0 unspecified atom stereocenters. The fourth-order valence-corrected chi connectivity index (χ4v) is 13.5. The summed E-state index contributed by atoms with van der Waals surface area (Å²) in [5, 5.41) is 10.0. The Morgan fingerprint density at radius 1 is 0.565 bits per heavy atom. The molecule has 1 N–H and O–H groups in total. The van der Waals surface area contributed by atoms with Crippen LogP contribution >= 0.6 is 7.26 Å². The van der Waals surface area contributed by atoms with Crippen LogP contribution in [0.5, 0.6) is 0 Å². The van der Waals surface area contributed by atoms with Gasteiger partial charge in [0.2, 0.25) is 0 Å². The Bertz CT molecular complexity index is 272. The molecule has 3 aliphatic rings. The van der Waals surface area contributed by atoms with E-state index in [1.54, 1.807) is 0 Å². The van der Waals surface area contributed by atoms with Crippen molar-refractivity contribution < 1.29 is 29.1 Å². The Morgan fingerprint density at radius 3 is 1.13 bits per heavy atom. The van der Waals surface area contributed by atoms with E-state index in [-0.39, 0.29) is 24.0 Å². The van der Waals surface area contributed by atoms with Gasteiger partial charge in [0.1, 0.15) is 0 Å². The van der Waals surface area contributed by atoms with E-state index in [2.05, 4.69) is 0 Å². The molecule has 0 radical (unpaired) electrons. The van der Waals surface area contributed by atoms with Crippen LogP contribution in [0.2, 0.25) is 0 Å². The average Bonchev–Trinajstić information content (AvgIpc) is 2.62. The van der Waals surface area contributed by atoms with Crippen molar-refractivity contribution in [3.63, 3.8) is 0 Å². The molecule has 0 aromatic rings. The molecule has 3 heteroatoms. The fraction of sp³-hybridized carbons (Fsp3) is 1.00. The molecule has 136 valence electrons. The monoisotopic (exact) mass is 452 g/mol. The molecule has 0 spiro atoms. The molecule has 3 fully saturated rings. The van der Waals surface area contributed by atoms with E-state index in [9.17, 15) is 5.11 Å². The van der Waals surface area contributed by atoms with Crippen molar-refractivity contribution in [2.75, 3.05) is 12.8 Å². The molecule has 3 saturated carbocycles. The summed E-state index contributed by atoms with van der Waals surface area (Å²) >= 11 is 0. The number of aliphatic hydroxyl groups excluding tert-OH is 1. The maximum atomic E-state index is 10.0. The molecule has 1 nitrogen and oxygen atoms in total. The molecule has 3 aliphatic carbocycles. The molecule has 23 heavy (non-hydrogen) atoms. The maximum Gasteiger partial charge on any atom is 0.0833 e. The lowest BCUT2D eigenvalue weighted by molar-refractivity contribution is -0.00000580. The van der Waals surface area contributed by atoms with E-state index < -0.39 is 7.26 Å². The Morgan fingerprint density at radius 2 is 0.870 bits per heavy atom. The van der Waals surface area contributed by atoms with Crippen LogP contribution in [0.1, 0.15) is 96.3 Å². The molecule has 0 aromatic heterocycles. The van der Waals surface area contributed by atoms with Crippen molar-refractivity contribution in [2.45, 2.75) is 113 Å². The number of aliphatic hydroxyl groups is 1. The Hall–Kier alpha value is 1.12. The zero-order valence-corrected chi connectivity index (χ0v) is 18.1. The van der Waals surface area contributed by atoms with Gasteiger partial charge in [-0.3, -0.25) is 0 Å². The average molecular weight is 452 g/mol. The summed E-state index contributed by atoms with van der Waals surface area (Å²) in [6, 6.07) is 0. The van der Waals surface area contributed by atoms with E-state index in [4.69, 9.17) is 0 Å². The highest BCUT2D eigenvalue weighted by Crippen LogP contribution is 2.76. The highest BCUT2D eigenvalue weighted by atomic mass is 127. The molecule has 3 rings (SSSR count). The third kappa shape index (κ3) is 4.64. The minimum atomic E-state index is -0.972. The SMILES string of the molecule is OCC[P+](C1CCCCC1)(C1CCCCC1)C1CCCCC1.[I-]. The number of hydrogen-bond donors (Lipinski definition) is 1. The molecule has 0 amide bonds. The van der Waals surface area contributed by atoms with Crippen molar-refractivity contribution in [3.8, 4) is 0 Å². The molecular weight excluding hydrogens is 414 g/mol. The molecule has 0 atom stereocenters. The maximum absolute atomic E-state index is 10.0. The molecule has 0 bridgehead atoms. The van der Waals surface area contributed by atoms with Crippen LogP contribution in [0.15, 0.2) is 0 Å². The number of hydrogen-bond acceptors (Lipinski definition) is 1. The third-order valence-corrected chi connectivity index (χ3v) is 13.9. The highest BCUT2D eigenvalue weighted by Gasteiger charge is 2.56. The minimum absolute atomic E-state index is 0. The summed E-state index contributed by atoms with van der Waals surface area (Å²) in [7, 11) is -0.972. The van der Waals surface area contributed by atoms with Gasteiger partial charge >= 0.3 is 0 Å². The predicted octanol–water partition coefficient (Wildman–Crippen LogP) is 3.00. The third-order valence-electron chi connectivity index (χ3n) is 7.25. The normalized spacial score (nSPS) is 26.0. The van der Waals surface area contributed by atoms with Gasteiger partial charge in [-0.15, -0.1) is 0 Å². The van der Waals surface area contributed by atoms with E-state index in [0.29, 0.717) is 6.61 Å². The van der Waals surface area contributed by atoms with E-state index in [1.165, 1.54) is 102 Å². The topological polar surface area (TPSA) is 20.2 Å². The molecule has 0 heterocycles. The Balaban J connectivity index is 0.00000192. The second kappa shape index (κ2) is 10.3. The quantitative estimate of drug-likeness (QED) is 0.503. The summed E-state index contributed by atoms with van der Waals surface area (Å²) in [5.41, 5.74) is 3.12. The van der Waals surface area contributed by atoms with Crippen LogP contribution in [0.4, 0.5) is 0 Å². The van der Waals surface area contributed by atoms with E-state index in [0.717, 1.165) is 17.0 Å². The second-order valence-electron chi connectivity index (χ2n) is 8.32. The Kier molecular flexibility index (Phi) is 9.16. The first-order chi connectivity index (χ1) is 10.9. The zero-order valence-electron chi connectivity index (χ0n) is 15.0. The number of halogens is 1. The van der Waals surface area contributed by atoms with Crippen LogP contribution in [0, 0.1) is 0 Å². The lowest BCUT2D eigenvalue weighted by Gasteiger charge is -2.48. The lowest BCUT2D eigenvalue weighted by atomic mass is 9.99. The Labute approximate surface area is 162 Å². The smallest absolute Gasteiger partial charge is 0.0833 e. The van der Waals surface area contributed by atoms with Gasteiger partial charge < -0.3 is 29.1 Å². The first-order valence-corrected chi connectivity index (χ1v) is 12.5. The first-order valence-electron chi connectivity index (χ1n) is 10.4. The van der Waals surface area contributed by atoms with Crippen LogP contribution in [0.3, 0.4) is 0 Å². The minimum Gasteiger partial charge on any atom is -1.00 e. The van der Waals surface area contributed by atoms with E-state index >= 15 is 0 Å². The summed E-state index contributed by atoms with van der Waals surface area (Å²) < 4.78 is 0. The van der Waals surface area contributed by atoms with Gasteiger partial charge in [0, 0.05) is 7.26 Å². The van der Waals surface area contributed by atoms with Crippen molar-refractivity contribution in [1.29, 1.82) is 0 Å². The summed E-state index contributed by atoms with van der Waals surface area (Å²) in [5.74, 6) is 0. The lowest BCUT2D eigenvalue weighted by Crippen LogP contribution is -3.00. The molecule has 0 saturated heterocycles. The summed E-state index contributed by atoms with van der Waals surface area (Å²) in [6.07, 6.45) is 23.6. The molecule has 0 aromatic carbocycles. The zero-order chi connectivity index (χ0) is 15.3. The summed E-state index contributed by atoms with van der Waals surface area (Å²) in [4.78, 5) is 0. The van der Waals surface area contributed by atoms with Gasteiger partial charge in [-0.05, 0) is 77.0 Å². The van der Waals surface area contributed by atoms with Gasteiger partial charge in [0.15, 0.2) is 0 Å². The van der Waals surface area contributed by atoms with Crippen LogP contribution < -0.4 is 24.0 Å². The van der Waals surface area contributed by atoms with Crippen molar-refractivity contribution in [1.82, 2.24) is 0 Å². The largest absolute Gasteiger partial charge is 1.00 e. The van der Waals surface area contributed by atoms with Gasteiger partial charge in [0.25, 0.3) is 0 Å². The second-order valence-corrected chi connectivity index (χ2v) is 12.9. The first kappa shape index (κ1) is 20.4. The fourth-order valence-electron chi connectivity index (χ4n) is 6.30. The van der Waals surface area contributed by atoms with Crippen molar-refractivity contribution >= 4 is 7.26 Å².